The normalized spacial score (nSPS) is 13.6. The Balaban J connectivity index is 4.74. The van der Waals surface area contributed by atoms with Crippen LogP contribution in [0.25, 0.3) is 0 Å². The number of primary amides is 1. The lowest BCUT2D eigenvalue weighted by Crippen LogP contribution is -2.60. The van der Waals surface area contributed by atoms with E-state index in [1.54, 1.807) is 13.8 Å². The highest BCUT2D eigenvalue weighted by Gasteiger charge is 2.44. The van der Waals surface area contributed by atoms with Gasteiger partial charge in [-0.05, 0) is 34.6 Å². The number of hydrogen-bond acceptors (Lipinski definition) is 3. The molecule has 1 unspecified atom stereocenters. The Morgan fingerprint density at radius 2 is 1.61 bits per heavy atom. The van der Waals surface area contributed by atoms with Crippen LogP contribution in [0.15, 0.2) is 0 Å². The van der Waals surface area contributed by atoms with Crippen molar-refractivity contribution < 1.29 is 19.5 Å². The number of urea groups is 1. The smallest absolute Gasteiger partial charge is 0.315 e. The summed E-state index contributed by atoms with van der Waals surface area (Å²) in [6, 6.07) is -1.46. The molecule has 3 amide bonds. The van der Waals surface area contributed by atoms with E-state index < -0.39 is 34.9 Å². The molecule has 0 aliphatic heterocycles. The highest BCUT2D eigenvalue weighted by atomic mass is 16.4. The van der Waals surface area contributed by atoms with Gasteiger partial charge in [0, 0.05) is 0 Å². The lowest BCUT2D eigenvalue weighted by Gasteiger charge is -2.38. The summed E-state index contributed by atoms with van der Waals surface area (Å²) in [5.41, 5.74) is 2.84. The van der Waals surface area contributed by atoms with E-state index in [2.05, 4.69) is 10.6 Å². The monoisotopic (exact) mass is 259 g/mol. The fourth-order valence-electron chi connectivity index (χ4n) is 1.01. The third-order valence-corrected chi connectivity index (χ3v) is 3.30. The summed E-state index contributed by atoms with van der Waals surface area (Å²) >= 11 is 0. The number of aliphatic carboxylic acids is 1. The van der Waals surface area contributed by atoms with Gasteiger partial charge in [-0.15, -0.1) is 0 Å². The summed E-state index contributed by atoms with van der Waals surface area (Å²) in [5, 5.41) is 14.0. The molecule has 0 aliphatic carbocycles. The van der Waals surface area contributed by atoms with Gasteiger partial charge in [0.05, 0.1) is 11.0 Å². The van der Waals surface area contributed by atoms with Crippen molar-refractivity contribution in [3.8, 4) is 0 Å². The molecular weight excluding hydrogens is 238 g/mol. The SMILES string of the molecule is CC(NC(=O)NC(C)(C)C(C)(C)C(=O)O)C(N)=O. The van der Waals surface area contributed by atoms with Gasteiger partial charge in [0.25, 0.3) is 0 Å². The van der Waals surface area contributed by atoms with Crippen LogP contribution in [0.3, 0.4) is 0 Å². The van der Waals surface area contributed by atoms with Crippen LogP contribution >= 0.6 is 0 Å². The van der Waals surface area contributed by atoms with Gasteiger partial charge >= 0.3 is 12.0 Å². The highest BCUT2D eigenvalue weighted by Crippen LogP contribution is 2.30. The molecule has 18 heavy (non-hydrogen) atoms. The molecule has 0 spiro atoms. The van der Waals surface area contributed by atoms with Crippen LogP contribution in [0.4, 0.5) is 4.79 Å². The largest absolute Gasteiger partial charge is 0.481 e. The maximum Gasteiger partial charge on any atom is 0.315 e. The minimum absolute atomic E-state index is 0.638. The van der Waals surface area contributed by atoms with Crippen LogP contribution in [0.5, 0.6) is 0 Å². The second kappa shape index (κ2) is 5.24. The number of nitrogens with one attached hydrogen (secondary N) is 2. The van der Waals surface area contributed by atoms with Gasteiger partial charge < -0.3 is 21.5 Å². The van der Waals surface area contributed by atoms with E-state index in [1.807, 2.05) is 0 Å². The molecule has 0 aliphatic rings. The second-order valence-electron chi connectivity index (χ2n) is 5.28. The summed E-state index contributed by atoms with van der Waals surface area (Å²) in [4.78, 5) is 33.5. The topological polar surface area (TPSA) is 122 Å². The van der Waals surface area contributed by atoms with E-state index >= 15 is 0 Å². The molecule has 0 aromatic heterocycles. The lowest BCUT2D eigenvalue weighted by atomic mass is 9.74. The number of carboxylic acid groups (broad SMARTS) is 1. The van der Waals surface area contributed by atoms with E-state index in [-0.39, 0.29) is 0 Å². The maximum absolute atomic E-state index is 11.6. The van der Waals surface area contributed by atoms with E-state index in [0.717, 1.165) is 0 Å². The minimum atomic E-state index is -1.17. The molecule has 0 aromatic carbocycles. The average Bonchev–Trinajstić information content (AvgIpc) is 2.15. The second-order valence-corrected chi connectivity index (χ2v) is 5.28. The molecule has 0 rings (SSSR count). The van der Waals surface area contributed by atoms with Crippen molar-refractivity contribution in [2.75, 3.05) is 0 Å². The highest BCUT2D eigenvalue weighted by molar-refractivity contribution is 5.86. The van der Waals surface area contributed by atoms with Crippen LogP contribution in [-0.2, 0) is 9.59 Å². The molecule has 0 heterocycles. The predicted molar refractivity (Wildman–Crippen MR) is 65.8 cm³/mol. The average molecular weight is 259 g/mol. The quantitative estimate of drug-likeness (QED) is 0.557. The number of carbonyl (C=O) groups excluding carboxylic acids is 2. The van der Waals surface area contributed by atoms with Crippen molar-refractivity contribution in [3.63, 3.8) is 0 Å². The van der Waals surface area contributed by atoms with Crippen molar-refractivity contribution in [2.45, 2.75) is 46.2 Å². The van der Waals surface area contributed by atoms with E-state index in [0.29, 0.717) is 0 Å². The number of nitrogens with two attached hydrogens (primary N) is 1. The zero-order chi connectivity index (χ0) is 14.7. The van der Waals surface area contributed by atoms with E-state index in [9.17, 15) is 14.4 Å². The molecule has 0 fully saturated rings. The third-order valence-electron chi connectivity index (χ3n) is 3.30. The van der Waals surface area contributed by atoms with Gasteiger partial charge in [0.2, 0.25) is 5.91 Å². The van der Waals surface area contributed by atoms with Gasteiger partial charge in [0.1, 0.15) is 6.04 Å². The lowest BCUT2D eigenvalue weighted by molar-refractivity contribution is -0.150. The molecule has 0 saturated carbocycles. The van der Waals surface area contributed by atoms with Gasteiger partial charge in [0.15, 0.2) is 0 Å². The first-order valence-electron chi connectivity index (χ1n) is 5.53. The third kappa shape index (κ3) is 3.61. The van der Waals surface area contributed by atoms with Crippen LogP contribution in [0, 0.1) is 5.41 Å². The number of carboxylic acids is 1. The summed E-state index contributed by atoms with van der Waals surface area (Å²) in [6.45, 7) is 7.64. The molecule has 0 saturated heterocycles. The number of rotatable bonds is 5. The van der Waals surface area contributed by atoms with Crippen molar-refractivity contribution in [3.05, 3.63) is 0 Å². The first kappa shape index (κ1) is 16.2. The molecule has 0 aromatic rings. The van der Waals surface area contributed by atoms with Crippen LogP contribution < -0.4 is 16.4 Å². The summed E-state index contributed by atoms with van der Waals surface area (Å²) in [7, 11) is 0. The first-order chi connectivity index (χ1) is 7.91. The van der Waals surface area contributed by atoms with Crippen molar-refractivity contribution in [1.82, 2.24) is 10.6 Å². The Morgan fingerprint density at radius 1 is 1.17 bits per heavy atom. The summed E-state index contributed by atoms with van der Waals surface area (Å²) in [6.07, 6.45) is 0. The number of hydrogen-bond donors (Lipinski definition) is 4. The molecule has 104 valence electrons. The van der Waals surface area contributed by atoms with E-state index in [4.69, 9.17) is 10.8 Å². The fourth-order valence-corrected chi connectivity index (χ4v) is 1.01. The van der Waals surface area contributed by atoms with E-state index in [1.165, 1.54) is 20.8 Å². The van der Waals surface area contributed by atoms with Crippen LogP contribution in [-0.4, -0.2) is 34.6 Å². The van der Waals surface area contributed by atoms with Crippen molar-refractivity contribution >= 4 is 17.9 Å². The number of carbonyl (C=O) groups is 3. The molecule has 0 radical (unpaired) electrons. The fraction of sp³-hybridized carbons (Fsp3) is 0.727. The molecule has 7 heteroatoms. The van der Waals surface area contributed by atoms with Crippen LogP contribution in [0.1, 0.15) is 34.6 Å². The Bertz CT molecular complexity index is 363. The Hall–Kier alpha value is -1.79. The summed E-state index contributed by atoms with van der Waals surface area (Å²) < 4.78 is 0. The minimum Gasteiger partial charge on any atom is -0.481 e. The Kier molecular flexibility index (Phi) is 4.72. The standard InChI is InChI=1S/C11H21N3O4/c1-6(7(12)15)13-9(18)14-11(4,5)10(2,3)8(16)17/h6H,1-5H3,(H2,12,15)(H,16,17)(H2,13,14,18). The predicted octanol–water partition coefficient (Wildman–Crippen LogP) is 0.0488. The van der Waals surface area contributed by atoms with Crippen LogP contribution in [0.2, 0.25) is 0 Å². The van der Waals surface area contributed by atoms with Gasteiger partial charge in [-0.25, -0.2) is 4.79 Å². The zero-order valence-corrected chi connectivity index (χ0v) is 11.3. The van der Waals surface area contributed by atoms with Gasteiger partial charge in [-0.3, -0.25) is 9.59 Å². The van der Waals surface area contributed by atoms with Gasteiger partial charge in [-0.2, -0.15) is 0 Å². The maximum atomic E-state index is 11.6. The zero-order valence-electron chi connectivity index (χ0n) is 11.3. The Labute approximate surface area is 106 Å². The molecule has 5 N–H and O–H groups in total. The summed E-state index contributed by atoms with van der Waals surface area (Å²) in [5.74, 6) is -1.70. The molecule has 1 atom stereocenters. The molecule has 7 nitrogen and oxygen atoms in total. The van der Waals surface area contributed by atoms with Crippen molar-refractivity contribution in [2.24, 2.45) is 11.1 Å². The Morgan fingerprint density at radius 3 is 1.94 bits per heavy atom. The van der Waals surface area contributed by atoms with Crippen molar-refractivity contribution in [1.29, 1.82) is 0 Å². The number of amides is 3. The first-order valence-corrected chi connectivity index (χ1v) is 5.53. The molecular formula is C11H21N3O4. The van der Waals surface area contributed by atoms with Gasteiger partial charge in [-0.1, -0.05) is 0 Å². The molecule has 0 bridgehead atoms.